The van der Waals surface area contributed by atoms with Crippen molar-refractivity contribution in [3.05, 3.63) is 17.1 Å². The predicted molar refractivity (Wildman–Crippen MR) is 76.2 cm³/mol. The second-order valence-corrected chi connectivity index (χ2v) is 6.01. The number of nitrogen functional groups attached to an aromatic ring is 1. The minimum atomic E-state index is -0.560. The number of carbonyl (C=O) groups is 1. The summed E-state index contributed by atoms with van der Waals surface area (Å²) in [6.07, 6.45) is 4.65. The van der Waals surface area contributed by atoms with Crippen LogP contribution in [-0.4, -0.2) is 39.9 Å². The number of nitrogens with two attached hydrogens (primary N) is 2. The average molecular weight is 275 g/mol. The van der Waals surface area contributed by atoms with Crippen molar-refractivity contribution in [2.45, 2.75) is 50.6 Å². The zero-order valence-electron chi connectivity index (χ0n) is 12.0. The van der Waals surface area contributed by atoms with Gasteiger partial charge in [-0.3, -0.25) is 4.79 Å². The minimum absolute atomic E-state index is 0.214. The van der Waals surface area contributed by atoms with Crippen LogP contribution in [0.4, 0.5) is 5.82 Å². The molecule has 20 heavy (non-hydrogen) atoms. The van der Waals surface area contributed by atoms with Gasteiger partial charge in [0.2, 0.25) is 0 Å². The molecule has 1 aromatic rings. The Morgan fingerprint density at radius 1 is 1.25 bits per heavy atom. The molecule has 2 fully saturated rings. The highest BCUT2D eigenvalue weighted by atomic mass is 16.1. The molecule has 0 aliphatic carbocycles. The SMILES string of the molecule is Cc1nc(C2CC3CCC(C2)N3C)nc(N)c1C(N)=O. The van der Waals surface area contributed by atoms with E-state index in [-0.39, 0.29) is 11.4 Å². The van der Waals surface area contributed by atoms with E-state index < -0.39 is 5.91 Å². The summed E-state index contributed by atoms with van der Waals surface area (Å²) in [4.78, 5) is 22.7. The summed E-state index contributed by atoms with van der Waals surface area (Å²) in [6.45, 7) is 1.77. The maximum Gasteiger partial charge on any atom is 0.254 e. The Labute approximate surface area is 118 Å². The summed E-state index contributed by atoms with van der Waals surface area (Å²) in [5.41, 5.74) is 12.0. The third kappa shape index (κ3) is 2.04. The van der Waals surface area contributed by atoms with Crippen LogP contribution in [0.5, 0.6) is 0 Å². The minimum Gasteiger partial charge on any atom is -0.383 e. The lowest BCUT2D eigenvalue weighted by atomic mass is 9.90. The summed E-state index contributed by atoms with van der Waals surface area (Å²) in [6, 6.07) is 1.25. The Balaban J connectivity index is 1.90. The van der Waals surface area contributed by atoms with Crippen LogP contribution < -0.4 is 11.5 Å². The molecule has 1 amide bonds. The number of amides is 1. The van der Waals surface area contributed by atoms with Crippen molar-refractivity contribution in [1.82, 2.24) is 14.9 Å². The van der Waals surface area contributed by atoms with Crippen LogP contribution in [0, 0.1) is 6.92 Å². The highest BCUT2D eigenvalue weighted by Gasteiger charge is 2.40. The number of aromatic nitrogens is 2. The Morgan fingerprint density at radius 3 is 2.35 bits per heavy atom. The van der Waals surface area contributed by atoms with E-state index in [2.05, 4.69) is 21.9 Å². The Bertz CT molecular complexity index is 521. The molecule has 6 heteroatoms. The number of rotatable bonds is 2. The summed E-state index contributed by atoms with van der Waals surface area (Å²) in [7, 11) is 2.20. The molecule has 2 aliphatic rings. The van der Waals surface area contributed by atoms with Gasteiger partial charge in [-0.2, -0.15) is 0 Å². The Kier molecular flexibility index (Phi) is 3.12. The zero-order chi connectivity index (χ0) is 14.4. The van der Waals surface area contributed by atoms with Crippen molar-refractivity contribution in [3.8, 4) is 0 Å². The number of nitrogens with zero attached hydrogens (tertiary/aromatic N) is 3. The van der Waals surface area contributed by atoms with Gasteiger partial charge in [-0.25, -0.2) is 9.97 Å². The summed E-state index contributed by atoms with van der Waals surface area (Å²) < 4.78 is 0. The number of aryl methyl sites for hydroxylation is 1. The molecule has 2 saturated heterocycles. The van der Waals surface area contributed by atoms with Crippen molar-refractivity contribution in [2.24, 2.45) is 5.73 Å². The van der Waals surface area contributed by atoms with Gasteiger partial charge in [-0.15, -0.1) is 0 Å². The zero-order valence-corrected chi connectivity index (χ0v) is 12.0. The molecule has 0 aromatic carbocycles. The van der Waals surface area contributed by atoms with E-state index in [1.54, 1.807) is 6.92 Å². The maximum absolute atomic E-state index is 11.3. The van der Waals surface area contributed by atoms with E-state index in [4.69, 9.17) is 11.5 Å². The highest BCUT2D eigenvalue weighted by Crippen LogP contribution is 2.41. The molecule has 0 saturated carbocycles. The van der Waals surface area contributed by atoms with Crippen LogP contribution >= 0.6 is 0 Å². The topological polar surface area (TPSA) is 98.1 Å². The van der Waals surface area contributed by atoms with Crippen molar-refractivity contribution in [1.29, 1.82) is 0 Å². The number of fused-ring (bicyclic) bond motifs is 2. The lowest BCUT2D eigenvalue weighted by Crippen LogP contribution is -2.39. The Morgan fingerprint density at radius 2 is 1.85 bits per heavy atom. The van der Waals surface area contributed by atoms with Gasteiger partial charge in [-0.1, -0.05) is 0 Å². The molecule has 0 spiro atoms. The van der Waals surface area contributed by atoms with Crippen molar-refractivity contribution >= 4 is 11.7 Å². The third-order valence-corrected chi connectivity index (χ3v) is 4.84. The van der Waals surface area contributed by atoms with Gasteiger partial charge in [0, 0.05) is 18.0 Å². The molecule has 3 rings (SSSR count). The Hall–Kier alpha value is -1.69. The molecule has 2 bridgehead atoms. The van der Waals surface area contributed by atoms with E-state index in [1.807, 2.05) is 0 Å². The smallest absolute Gasteiger partial charge is 0.254 e. The van der Waals surface area contributed by atoms with Gasteiger partial charge in [0.05, 0.1) is 5.69 Å². The molecule has 0 radical (unpaired) electrons. The number of primary amides is 1. The van der Waals surface area contributed by atoms with E-state index in [9.17, 15) is 4.79 Å². The van der Waals surface area contributed by atoms with E-state index in [0.717, 1.165) is 18.7 Å². The van der Waals surface area contributed by atoms with Gasteiger partial charge in [0.15, 0.2) is 0 Å². The van der Waals surface area contributed by atoms with Crippen LogP contribution in [-0.2, 0) is 0 Å². The number of hydrogen-bond acceptors (Lipinski definition) is 5. The van der Waals surface area contributed by atoms with Crippen molar-refractivity contribution in [3.63, 3.8) is 0 Å². The lowest BCUT2D eigenvalue weighted by Gasteiger charge is -2.35. The van der Waals surface area contributed by atoms with E-state index in [0.29, 0.717) is 23.7 Å². The van der Waals surface area contributed by atoms with Crippen LogP contribution in [0.3, 0.4) is 0 Å². The second-order valence-electron chi connectivity index (χ2n) is 6.01. The van der Waals surface area contributed by atoms with Crippen LogP contribution in [0.15, 0.2) is 0 Å². The van der Waals surface area contributed by atoms with Gasteiger partial charge < -0.3 is 16.4 Å². The van der Waals surface area contributed by atoms with Crippen LogP contribution in [0.25, 0.3) is 0 Å². The van der Waals surface area contributed by atoms with E-state index in [1.165, 1.54) is 12.8 Å². The fourth-order valence-corrected chi connectivity index (χ4v) is 3.73. The molecule has 2 atom stereocenters. The highest BCUT2D eigenvalue weighted by molar-refractivity contribution is 5.98. The molecule has 108 valence electrons. The number of anilines is 1. The fourth-order valence-electron chi connectivity index (χ4n) is 3.73. The standard InChI is InChI=1S/C14H21N5O/c1-7-11(13(16)20)12(15)18-14(17-7)8-5-9-3-4-10(6-8)19(9)2/h8-10H,3-6H2,1-2H3,(H2,16,20)(H2,15,17,18). The maximum atomic E-state index is 11.3. The molecule has 6 nitrogen and oxygen atoms in total. The van der Waals surface area contributed by atoms with E-state index >= 15 is 0 Å². The summed E-state index contributed by atoms with van der Waals surface area (Å²) in [5, 5.41) is 0. The monoisotopic (exact) mass is 275 g/mol. The fraction of sp³-hybridized carbons (Fsp3) is 0.643. The first-order chi connectivity index (χ1) is 9.47. The first-order valence-corrected chi connectivity index (χ1v) is 7.13. The average Bonchev–Trinajstić information content (AvgIpc) is 2.61. The van der Waals surface area contributed by atoms with Crippen molar-refractivity contribution < 1.29 is 4.79 Å². The van der Waals surface area contributed by atoms with Gasteiger partial charge in [-0.05, 0) is 39.7 Å². The molecule has 2 aliphatic heterocycles. The molecule has 1 aromatic heterocycles. The molecular formula is C14H21N5O. The number of hydrogen-bond donors (Lipinski definition) is 2. The van der Waals surface area contributed by atoms with Gasteiger partial charge in [0.1, 0.15) is 17.2 Å². The quantitative estimate of drug-likeness (QED) is 0.832. The molecule has 3 heterocycles. The number of carbonyl (C=O) groups excluding carboxylic acids is 1. The second kappa shape index (κ2) is 4.70. The van der Waals surface area contributed by atoms with Crippen LogP contribution in [0.2, 0.25) is 0 Å². The number of piperidine rings is 1. The van der Waals surface area contributed by atoms with Gasteiger partial charge >= 0.3 is 0 Å². The predicted octanol–water partition coefficient (Wildman–Crippen LogP) is 0.806. The molecule has 4 N–H and O–H groups in total. The summed E-state index contributed by atoms with van der Waals surface area (Å²) in [5.74, 6) is 0.767. The normalized spacial score (nSPS) is 29.6. The summed E-state index contributed by atoms with van der Waals surface area (Å²) >= 11 is 0. The molecular weight excluding hydrogens is 254 g/mol. The van der Waals surface area contributed by atoms with Crippen LogP contribution in [0.1, 0.15) is 53.5 Å². The van der Waals surface area contributed by atoms with Crippen molar-refractivity contribution in [2.75, 3.05) is 12.8 Å². The third-order valence-electron chi connectivity index (χ3n) is 4.84. The first-order valence-electron chi connectivity index (χ1n) is 7.13. The van der Waals surface area contributed by atoms with Gasteiger partial charge in [0.25, 0.3) is 5.91 Å². The largest absolute Gasteiger partial charge is 0.383 e. The lowest BCUT2D eigenvalue weighted by molar-refractivity contribution is 0.0999. The molecule has 2 unspecified atom stereocenters. The first kappa shape index (κ1) is 13.3.